The summed E-state index contributed by atoms with van der Waals surface area (Å²) < 4.78 is 0. The van der Waals surface area contributed by atoms with Crippen molar-refractivity contribution in [3.8, 4) is 0 Å². The number of fused-ring (bicyclic) bond motifs is 1. The third-order valence-corrected chi connectivity index (χ3v) is 4.62. The first kappa shape index (κ1) is 18.0. The Hall–Kier alpha value is -2.80. The Bertz CT molecular complexity index is 850. The van der Waals surface area contributed by atoms with Gasteiger partial charge in [0.05, 0.1) is 5.69 Å². The second kappa shape index (κ2) is 7.61. The molecule has 1 aliphatic heterocycles. The van der Waals surface area contributed by atoms with E-state index in [-0.39, 0.29) is 18.4 Å². The molecular formula is C19H23N5O2. The Balaban J connectivity index is 2.08. The Kier molecular flexibility index (Phi) is 5.27. The number of anilines is 2. The molecule has 2 heterocycles. The van der Waals surface area contributed by atoms with E-state index in [0.717, 1.165) is 5.69 Å². The first-order chi connectivity index (χ1) is 12.6. The van der Waals surface area contributed by atoms with Gasteiger partial charge >= 0.3 is 0 Å². The Morgan fingerprint density at radius 3 is 2.88 bits per heavy atom. The van der Waals surface area contributed by atoms with Crippen LogP contribution in [0.3, 0.4) is 0 Å². The van der Waals surface area contributed by atoms with Crippen molar-refractivity contribution in [2.75, 3.05) is 25.1 Å². The molecular weight excluding hydrogens is 330 g/mol. The van der Waals surface area contributed by atoms with Crippen LogP contribution in [0.15, 0.2) is 35.6 Å². The molecule has 1 amide bonds. The second-order valence-electron chi connectivity index (χ2n) is 6.29. The van der Waals surface area contributed by atoms with Crippen molar-refractivity contribution in [2.45, 2.75) is 26.2 Å². The molecule has 0 radical (unpaired) electrons. The fourth-order valence-electron chi connectivity index (χ4n) is 3.28. The van der Waals surface area contributed by atoms with Crippen LogP contribution in [-0.4, -0.2) is 46.9 Å². The van der Waals surface area contributed by atoms with Gasteiger partial charge in [0.2, 0.25) is 0 Å². The maximum Gasteiger partial charge on any atom is 0.265 e. The molecule has 1 aromatic carbocycles. The highest BCUT2D eigenvalue weighted by Gasteiger charge is 2.31. The average molecular weight is 353 g/mol. The van der Waals surface area contributed by atoms with Crippen LogP contribution in [0.5, 0.6) is 0 Å². The average Bonchev–Trinajstić information content (AvgIpc) is 3.01. The van der Waals surface area contributed by atoms with Gasteiger partial charge in [-0.15, -0.1) is 0 Å². The molecule has 0 saturated heterocycles. The summed E-state index contributed by atoms with van der Waals surface area (Å²) in [4.78, 5) is 27.2. The van der Waals surface area contributed by atoms with Crippen molar-refractivity contribution < 1.29 is 9.90 Å². The van der Waals surface area contributed by atoms with E-state index in [1.807, 2.05) is 25.1 Å². The van der Waals surface area contributed by atoms with Crippen LogP contribution >= 0.6 is 0 Å². The molecule has 0 spiro atoms. The molecule has 7 heteroatoms. The molecule has 0 aliphatic carbocycles. The minimum absolute atomic E-state index is 0.135. The van der Waals surface area contributed by atoms with Gasteiger partial charge in [-0.3, -0.25) is 4.79 Å². The summed E-state index contributed by atoms with van der Waals surface area (Å²) in [6.07, 6.45) is 2.20. The third kappa shape index (κ3) is 3.30. The van der Waals surface area contributed by atoms with Gasteiger partial charge in [-0.25, -0.2) is 15.0 Å². The molecule has 1 unspecified atom stereocenters. The van der Waals surface area contributed by atoms with Crippen molar-refractivity contribution in [1.82, 2.24) is 15.3 Å². The van der Waals surface area contributed by atoms with Crippen LogP contribution in [-0.2, 0) is 4.79 Å². The van der Waals surface area contributed by atoms with Gasteiger partial charge in [0.15, 0.2) is 5.82 Å². The zero-order chi connectivity index (χ0) is 18.7. The molecule has 1 aromatic heterocycles. The van der Waals surface area contributed by atoms with Gasteiger partial charge in [0.1, 0.15) is 17.7 Å². The van der Waals surface area contributed by atoms with Gasteiger partial charge in [0.25, 0.3) is 5.91 Å². The second-order valence-corrected chi connectivity index (χ2v) is 6.29. The molecule has 0 fully saturated rings. The number of aliphatic hydroxyl groups excluding tert-OH is 1. The number of nitrogens with zero attached hydrogens (tertiary/aromatic N) is 4. The molecule has 3 rings (SSSR count). The van der Waals surface area contributed by atoms with Crippen molar-refractivity contribution >= 4 is 28.8 Å². The smallest absolute Gasteiger partial charge is 0.265 e. The minimum atomic E-state index is -0.237. The summed E-state index contributed by atoms with van der Waals surface area (Å²) in [5, 5.41) is 12.0. The Morgan fingerprint density at radius 2 is 2.15 bits per heavy atom. The Labute approximate surface area is 152 Å². The van der Waals surface area contributed by atoms with E-state index in [4.69, 9.17) is 0 Å². The molecule has 26 heavy (non-hydrogen) atoms. The number of aliphatic imine (C=N–C) groups is 1. The number of carbonyl (C=O) groups is 1. The number of benzene rings is 1. The predicted octanol–water partition coefficient (Wildman–Crippen LogP) is 2.24. The van der Waals surface area contributed by atoms with Gasteiger partial charge in [-0.2, -0.15) is 0 Å². The summed E-state index contributed by atoms with van der Waals surface area (Å²) >= 11 is 0. The number of para-hydroxylation sites is 1. The quantitative estimate of drug-likeness (QED) is 0.805. The van der Waals surface area contributed by atoms with E-state index in [0.29, 0.717) is 35.9 Å². The molecule has 7 nitrogen and oxygen atoms in total. The monoisotopic (exact) mass is 353 g/mol. The highest BCUT2D eigenvalue weighted by molar-refractivity contribution is 6.38. The number of carbonyl (C=O) groups excluding carboxylic acids is 1. The highest BCUT2D eigenvalue weighted by Crippen LogP contribution is 2.44. The van der Waals surface area contributed by atoms with Crippen LogP contribution in [0.1, 0.15) is 30.5 Å². The van der Waals surface area contributed by atoms with Gasteiger partial charge in [0, 0.05) is 31.8 Å². The number of rotatable bonds is 5. The lowest BCUT2D eigenvalue weighted by atomic mass is 9.99. The normalized spacial score (nSPS) is 16.5. The number of amides is 1. The van der Waals surface area contributed by atoms with E-state index < -0.39 is 0 Å². The van der Waals surface area contributed by atoms with Gasteiger partial charge < -0.3 is 15.3 Å². The van der Waals surface area contributed by atoms with E-state index in [1.165, 1.54) is 11.9 Å². The number of aryl methyl sites for hydroxylation is 1. The first-order valence-electron chi connectivity index (χ1n) is 8.63. The number of aromatic nitrogens is 2. The SMILES string of the molecule is CNC(=O)/C(C)=N/c1c(C)ncnc1N1CC(CCO)c2ccccc21. The zero-order valence-corrected chi connectivity index (χ0v) is 15.2. The summed E-state index contributed by atoms with van der Waals surface area (Å²) in [7, 11) is 1.58. The number of hydrogen-bond acceptors (Lipinski definition) is 6. The largest absolute Gasteiger partial charge is 0.396 e. The molecule has 136 valence electrons. The topological polar surface area (TPSA) is 90.7 Å². The first-order valence-corrected chi connectivity index (χ1v) is 8.63. The molecule has 1 atom stereocenters. The summed E-state index contributed by atoms with van der Waals surface area (Å²) in [5.41, 5.74) is 3.90. The number of aliphatic hydroxyl groups is 1. The zero-order valence-electron chi connectivity index (χ0n) is 15.2. The van der Waals surface area contributed by atoms with Gasteiger partial charge in [-0.05, 0) is 31.9 Å². The Morgan fingerprint density at radius 1 is 1.38 bits per heavy atom. The van der Waals surface area contributed by atoms with E-state index >= 15 is 0 Å². The minimum Gasteiger partial charge on any atom is -0.396 e. The van der Waals surface area contributed by atoms with Crippen LogP contribution in [0.25, 0.3) is 0 Å². The molecule has 2 N–H and O–H groups in total. The summed E-state index contributed by atoms with van der Waals surface area (Å²) in [6, 6.07) is 8.12. The maximum atomic E-state index is 11.9. The lowest BCUT2D eigenvalue weighted by Gasteiger charge is -2.21. The van der Waals surface area contributed by atoms with Crippen LogP contribution in [0.4, 0.5) is 17.2 Å². The van der Waals surface area contributed by atoms with E-state index in [2.05, 4.69) is 31.2 Å². The number of nitrogens with one attached hydrogen (secondary N) is 1. The standard InChI is InChI=1S/C19H23N5O2/c1-12-17(23-13(2)19(26)20-3)18(22-11-21-12)24-10-14(8-9-25)15-6-4-5-7-16(15)24/h4-7,11,14,25H,8-10H2,1-3H3,(H,20,26)/b23-13+. The number of hydrogen-bond donors (Lipinski definition) is 2. The van der Waals surface area contributed by atoms with Crippen molar-refractivity contribution in [3.05, 3.63) is 41.9 Å². The van der Waals surface area contributed by atoms with E-state index in [1.54, 1.807) is 14.0 Å². The lowest BCUT2D eigenvalue weighted by Crippen LogP contribution is -2.25. The maximum absolute atomic E-state index is 11.9. The summed E-state index contributed by atoms with van der Waals surface area (Å²) in [6.45, 7) is 4.37. The molecule has 0 bridgehead atoms. The van der Waals surface area contributed by atoms with Crippen molar-refractivity contribution in [2.24, 2.45) is 4.99 Å². The molecule has 1 aliphatic rings. The fraction of sp³-hybridized carbons (Fsp3) is 0.368. The van der Waals surface area contributed by atoms with Gasteiger partial charge in [-0.1, -0.05) is 18.2 Å². The molecule has 0 saturated carbocycles. The van der Waals surface area contributed by atoms with Crippen molar-refractivity contribution in [1.29, 1.82) is 0 Å². The van der Waals surface area contributed by atoms with Crippen LogP contribution in [0, 0.1) is 6.92 Å². The fourth-order valence-corrected chi connectivity index (χ4v) is 3.28. The van der Waals surface area contributed by atoms with Crippen LogP contribution in [0.2, 0.25) is 0 Å². The van der Waals surface area contributed by atoms with Crippen LogP contribution < -0.4 is 10.2 Å². The third-order valence-electron chi connectivity index (χ3n) is 4.62. The predicted molar refractivity (Wildman–Crippen MR) is 101 cm³/mol. The molecule has 2 aromatic rings. The van der Waals surface area contributed by atoms with Crippen molar-refractivity contribution in [3.63, 3.8) is 0 Å². The highest BCUT2D eigenvalue weighted by atomic mass is 16.3. The van der Waals surface area contributed by atoms with E-state index in [9.17, 15) is 9.90 Å². The summed E-state index contributed by atoms with van der Waals surface area (Å²) in [5.74, 6) is 0.663. The lowest BCUT2D eigenvalue weighted by molar-refractivity contribution is -0.114.